The molecule has 21 heavy (non-hydrogen) atoms. The summed E-state index contributed by atoms with van der Waals surface area (Å²) in [6.45, 7) is 5.90. The number of nitrogens with zero attached hydrogens (tertiary/aromatic N) is 2. The Kier molecular flexibility index (Phi) is 5.38. The van der Waals surface area contributed by atoms with Crippen molar-refractivity contribution in [1.29, 1.82) is 0 Å². The molecule has 1 aromatic rings. The molecule has 4 heteroatoms. The summed E-state index contributed by atoms with van der Waals surface area (Å²) in [6, 6.07) is 5.78. The van der Waals surface area contributed by atoms with Crippen LogP contribution in [0.5, 0.6) is 0 Å². The summed E-state index contributed by atoms with van der Waals surface area (Å²) in [4.78, 5) is 16.9. The second kappa shape index (κ2) is 7.26. The van der Waals surface area contributed by atoms with Crippen LogP contribution in [0, 0.1) is 18.8 Å². The summed E-state index contributed by atoms with van der Waals surface area (Å²) in [6.07, 6.45) is 1.02. The molecule has 1 aliphatic heterocycles. The van der Waals surface area contributed by atoms with E-state index in [1.165, 1.54) is 0 Å². The first kappa shape index (κ1) is 15.6. The number of hydrogen-bond acceptors (Lipinski definition) is 3. The highest BCUT2D eigenvalue weighted by molar-refractivity contribution is 5.94. The van der Waals surface area contributed by atoms with E-state index in [0.29, 0.717) is 6.54 Å². The average Bonchev–Trinajstić information content (AvgIpc) is 2.68. The number of carbonyl (C=O) groups is 1. The molecule has 0 spiro atoms. The normalized spacial score (nSPS) is 16.0. The number of benzene rings is 1. The number of likely N-dealkylation sites (N-methyl/N-ethyl adjacent to an activating group) is 1. The van der Waals surface area contributed by atoms with Crippen LogP contribution < -0.4 is 5.73 Å². The average molecular weight is 285 g/mol. The van der Waals surface area contributed by atoms with Crippen molar-refractivity contribution < 1.29 is 4.79 Å². The first-order chi connectivity index (χ1) is 10.1. The van der Waals surface area contributed by atoms with Gasteiger partial charge in [-0.15, -0.1) is 0 Å². The zero-order valence-electron chi connectivity index (χ0n) is 12.9. The van der Waals surface area contributed by atoms with Gasteiger partial charge in [0, 0.05) is 30.8 Å². The Morgan fingerprint density at radius 1 is 1.24 bits per heavy atom. The van der Waals surface area contributed by atoms with Crippen LogP contribution in [0.1, 0.15) is 27.9 Å². The van der Waals surface area contributed by atoms with Gasteiger partial charge in [0.2, 0.25) is 0 Å². The Hall–Kier alpha value is -1.83. The summed E-state index contributed by atoms with van der Waals surface area (Å²) in [5, 5.41) is 0. The van der Waals surface area contributed by atoms with Crippen molar-refractivity contribution in [2.75, 3.05) is 39.8 Å². The van der Waals surface area contributed by atoms with E-state index in [4.69, 9.17) is 5.73 Å². The molecule has 2 N–H and O–H groups in total. The van der Waals surface area contributed by atoms with Gasteiger partial charge in [-0.1, -0.05) is 11.8 Å². The lowest BCUT2D eigenvalue weighted by molar-refractivity contribution is 0.0762. The molecule has 4 nitrogen and oxygen atoms in total. The van der Waals surface area contributed by atoms with Crippen molar-refractivity contribution in [1.82, 2.24) is 9.80 Å². The number of aryl methyl sites for hydroxylation is 1. The van der Waals surface area contributed by atoms with Crippen LogP contribution in [0.15, 0.2) is 18.2 Å². The minimum absolute atomic E-state index is 0.102. The molecule has 0 unspecified atom stereocenters. The standard InChI is InChI=1S/C17H23N3O/c1-14-11-15(5-3-6-18)13-16(12-14)17(21)20-8-4-7-19(2)9-10-20/h11-13H,4,6-10,18H2,1-2H3. The number of rotatable bonds is 1. The highest BCUT2D eigenvalue weighted by Crippen LogP contribution is 2.13. The first-order valence-corrected chi connectivity index (χ1v) is 7.38. The van der Waals surface area contributed by atoms with Crippen LogP contribution in [0.4, 0.5) is 0 Å². The predicted octanol–water partition coefficient (Wildman–Crippen LogP) is 1.08. The largest absolute Gasteiger partial charge is 0.337 e. The molecule has 1 aromatic carbocycles. The fraction of sp³-hybridized carbons (Fsp3) is 0.471. The molecule has 1 saturated heterocycles. The van der Waals surface area contributed by atoms with Crippen LogP contribution in [-0.2, 0) is 0 Å². The molecule has 1 aliphatic rings. The zero-order valence-corrected chi connectivity index (χ0v) is 12.9. The van der Waals surface area contributed by atoms with E-state index in [-0.39, 0.29) is 5.91 Å². The third-order valence-corrected chi connectivity index (χ3v) is 3.67. The molecule has 0 atom stereocenters. The summed E-state index contributed by atoms with van der Waals surface area (Å²) in [5.74, 6) is 5.95. The number of nitrogens with two attached hydrogens (primary N) is 1. The van der Waals surface area contributed by atoms with E-state index in [1.54, 1.807) is 0 Å². The summed E-state index contributed by atoms with van der Waals surface area (Å²) in [5.41, 5.74) is 8.04. The van der Waals surface area contributed by atoms with Gasteiger partial charge >= 0.3 is 0 Å². The fourth-order valence-corrected chi connectivity index (χ4v) is 2.56. The molecule has 0 radical (unpaired) electrons. The maximum absolute atomic E-state index is 12.7. The maximum Gasteiger partial charge on any atom is 0.253 e. The van der Waals surface area contributed by atoms with Crippen LogP contribution in [0.3, 0.4) is 0 Å². The molecule has 0 bridgehead atoms. The quantitative estimate of drug-likeness (QED) is 0.786. The Morgan fingerprint density at radius 3 is 2.81 bits per heavy atom. The van der Waals surface area contributed by atoms with Crippen LogP contribution in [-0.4, -0.2) is 55.5 Å². The van der Waals surface area contributed by atoms with Gasteiger partial charge in [-0.2, -0.15) is 0 Å². The second-order valence-corrected chi connectivity index (χ2v) is 5.54. The van der Waals surface area contributed by atoms with E-state index in [2.05, 4.69) is 23.8 Å². The topological polar surface area (TPSA) is 49.6 Å². The van der Waals surface area contributed by atoms with Gasteiger partial charge < -0.3 is 15.5 Å². The molecule has 0 aromatic heterocycles. The number of carbonyl (C=O) groups excluding carboxylic acids is 1. The highest BCUT2D eigenvalue weighted by atomic mass is 16.2. The minimum Gasteiger partial charge on any atom is -0.337 e. The number of amides is 1. The van der Waals surface area contributed by atoms with E-state index in [1.807, 2.05) is 30.0 Å². The molecule has 1 heterocycles. The minimum atomic E-state index is 0.102. The van der Waals surface area contributed by atoms with Crippen molar-refractivity contribution in [2.45, 2.75) is 13.3 Å². The monoisotopic (exact) mass is 285 g/mol. The summed E-state index contributed by atoms with van der Waals surface area (Å²) >= 11 is 0. The molecule has 0 saturated carbocycles. The molecule has 1 fully saturated rings. The predicted molar refractivity (Wildman–Crippen MR) is 85.1 cm³/mol. The van der Waals surface area contributed by atoms with Crippen molar-refractivity contribution in [2.24, 2.45) is 5.73 Å². The SMILES string of the molecule is Cc1cc(C#CCN)cc(C(=O)N2CCCN(C)CC2)c1. The third-order valence-electron chi connectivity index (χ3n) is 3.67. The van der Waals surface area contributed by atoms with E-state index >= 15 is 0 Å². The Morgan fingerprint density at radius 2 is 2.05 bits per heavy atom. The van der Waals surface area contributed by atoms with Crippen molar-refractivity contribution in [3.63, 3.8) is 0 Å². The van der Waals surface area contributed by atoms with Crippen LogP contribution in [0.2, 0.25) is 0 Å². The Balaban J connectivity index is 2.20. The van der Waals surface area contributed by atoms with E-state index < -0.39 is 0 Å². The lowest BCUT2D eigenvalue weighted by Gasteiger charge is -2.21. The van der Waals surface area contributed by atoms with Gasteiger partial charge in [0.15, 0.2) is 0 Å². The van der Waals surface area contributed by atoms with Crippen LogP contribution >= 0.6 is 0 Å². The first-order valence-electron chi connectivity index (χ1n) is 7.38. The smallest absolute Gasteiger partial charge is 0.253 e. The summed E-state index contributed by atoms with van der Waals surface area (Å²) < 4.78 is 0. The highest BCUT2D eigenvalue weighted by Gasteiger charge is 2.19. The second-order valence-electron chi connectivity index (χ2n) is 5.54. The summed E-state index contributed by atoms with van der Waals surface area (Å²) in [7, 11) is 2.10. The fourth-order valence-electron chi connectivity index (χ4n) is 2.56. The molecule has 0 aliphatic carbocycles. The van der Waals surface area contributed by atoms with Gasteiger partial charge in [-0.05, 0) is 50.7 Å². The van der Waals surface area contributed by atoms with Gasteiger partial charge in [0.05, 0.1) is 6.54 Å². The lowest BCUT2D eigenvalue weighted by atomic mass is 10.1. The van der Waals surface area contributed by atoms with E-state index in [9.17, 15) is 4.79 Å². The van der Waals surface area contributed by atoms with E-state index in [0.717, 1.165) is 49.3 Å². The maximum atomic E-state index is 12.7. The zero-order chi connectivity index (χ0) is 15.2. The molecular formula is C17H23N3O. The van der Waals surface area contributed by atoms with Gasteiger partial charge in [-0.25, -0.2) is 0 Å². The van der Waals surface area contributed by atoms with Crippen molar-refractivity contribution in [3.8, 4) is 11.8 Å². The Bertz CT molecular complexity index is 571. The van der Waals surface area contributed by atoms with Crippen molar-refractivity contribution >= 4 is 5.91 Å². The molecule has 112 valence electrons. The lowest BCUT2D eigenvalue weighted by Crippen LogP contribution is -2.34. The van der Waals surface area contributed by atoms with Crippen LogP contribution in [0.25, 0.3) is 0 Å². The van der Waals surface area contributed by atoms with Crippen molar-refractivity contribution in [3.05, 3.63) is 34.9 Å². The van der Waals surface area contributed by atoms with Gasteiger partial charge in [-0.3, -0.25) is 4.79 Å². The van der Waals surface area contributed by atoms with Gasteiger partial charge in [0.1, 0.15) is 0 Å². The molecule has 2 rings (SSSR count). The third kappa shape index (κ3) is 4.32. The molecule has 1 amide bonds. The number of hydrogen-bond donors (Lipinski definition) is 1. The Labute approximate surface area is 126 Å². The molecular weight excluding hydrogens is 262 g/mol. The van der Waals surface area contributed by atoms with Gasteiger partial charge in [0.25, 0.3) is 5.91 Å².